The van der Waals surface area contributed by atoms with Crippen LogP contribution in [-0.2, 0) is 6.42 Å². The highest BCUT2D eigenvalue weighted by Gasteiger charge is 2.17. The van der Waals surface area contributed by atoms with Crippen LogP contribution in [-0.4, -0.2) is 5.78 Å². The van der Waals surface area contributed by atoms with Gasteiger partial charge in [-0.3, -0.25) is 4.79 Å². The number of carbonyl (C=O) groups excluding carboxylic acids is 1. The monoisotopic (exact) mass is 203 g/mol. The van der Waals surface area contributed by atoms with Crippen LogP contribution < -0.4 is 5.73 Å². The summed E-state index contributed by atoms with van der Waals surface area (Å²) in [6, 6.07) is 6.14. The number of aryl methyl sites for hydroxylation is 1. The van der Waals surface area contributed by atoms with E-state index in [-0.39, 0.29) is 11.8 Å². The Morgan fingerprint density at radius 1 is 1.53 bits per heavy atom. The van der Waals surface area contributed by atoms with Gasteiger partial charge in [-0.2, -0.15) is 0 Å². The third-order valence-corrected chi connectivity index (χ3v) is 3.15. The van der Waals surface area contributed by atoms with Crippen LogP contribution in [0.1, 0.15) is 53.7 Å². The van der Waals surface area contributed by atoms with Gasteiger partial charge in [-0.1, -0.05) is 19.1 Å². The van der Waals surface area contributed by atoms with Crippen LogP contribution in [0.15, 0.2) is 18.2 Å². The van der Waals surface area contributed by atoms with Crippen molar-refractivity contribution in [3.8, 4) is 0 Å². The van der Waals surface area contributed by atoms with Crippen molar-refractivity contribution in [3.05, 3.63) is 34.9 Å². The summed E-state index contributed by atoms with van der Waals surface area (Å²) in [4.78, 5) is 11.5. The van der Waals surface area contributed by atoms with Gasteiger partial charge in [0.1, 0.15) is 0 Å². The summed E-state index contributed by atoms with van der Waals surface area (Å²) >= 11 is 0. The second-order valence-corrected chi connectivity index (χ2v) is 4.19. The lowest BCUT2D eigenvalue weighted by atomic mass is 9.86. The summed E-state index contributed by atoms with van der Waals surface area (Å²) in [5, 5.41) is 0. The van der Waals surface area contributed by atoms with Gasteiger partial charge in [0.05, 0.1) is 0 Å². The van der Waals surface area contributed by atoms with E-state index in [4.69, 9.17) is 5.73 Å². The van der Waals surface area contributed by atoms with Gasteiger partial charge < -0.3 is 5.73 Å². The minimum Gasteiger partial charge on any atom is -0.324 e. The Labute approximate surface area is 90.5 Å². The van der Waals surface area contributed by atoms with Crippen LogP contribution in [0, 0.1) is 0 Å². The Kier molecular flexibility index (Phi) is 2.87. The zero-order valence-electron chi connectivity index (χ0n) is 9.12. The van der Waals surface area contributed by atoms with Crippen LogP contribution in [0.5, 0.6) is 0 Å². The summed E-state index contributed by atoms with van der Waals surface area (Å²) in [6.45, 7) is 1.90. The lowest BCUT2D eigenvalue weighted by Gasteiger charge is -2.22. The standard InChI is InChI=1S/C13H17NO/c1-2-13(15)10-6-7-11-9(8-10)4-3-5-12(11)14/h6-8,12H,2-5,14H2,1H3. The topological polar surface area (TPSA) is 43.1 Å². The van der Waals surface area contributed by atoms with E-state index in [0.29, 0.717) is 6.42 Å². The van der Waals surface area contributed by atoms with Gasteiger partial charge in [-0.05, 0) is 36.5 Å². The molecule has 1 unspecified atom stereocenters. The number of nitrogens with two attached hydrogens (primary N) is 1. The van der Waals surface area contributed by atoms with Gasteiger partial charge in [0.25, 0.3) is 0 Å². The predicted molar refractivity (Wildman–Crippen MR) is 60.9 cm³/mol. The fraction of sp³-hybridized carbons (Fsp3) is 0.462. The number of benzene rings is 1. The molecule has 2 rings (SSSR count). The molecule has 0 saturated carbocycles. The van der Waals surface area contributed by atoms with Gasteiger partial charge in [-0.15, -0.1) is 0 Å². The van der Waals surface area contributed by atoms with E-state index < -0.39 is 0 Å². The second kappa shape index (κ2) is 4.15. The maximum absolute atomic E-state index is 11.5. The van der Waals surface area contributed by atoms with E-state index in [0.717, 1.165) is 24.8 Å². The largest absolute Gasteiger partial charge is 0.324 e. The van der Waals surface area contributed by atoms with Crippen LogP contribution in [0.3, 0.4) is 0 Å². The van der Waals surface area contributed by atoms with Gasteiger partial charge in [0.15, 0.2) is 5.78 Å². The number of ketones is 1. The number of fused-ring (bicyclic) bond motifs is 1. The van der Waals surface area contributed by atoms with Crippen LogP contribution >= 0.6 is 0 Å². The number of hydrogen-bond acceptors (Lipinski definition) is 2. The first kappa shape index (κ1) is 10.4. The molecule has 2 N–H and O–H groups in total. The fourth-order valence-corrected chi connectivity index (χ4v) is 2.23. The van der Waals surface area contributed by atoms with E-state index in [1.165, 1.54) is 11.1 Å². The molecule has 0 amide bonds. The minimum absolute atomic E-state index is 0.166. The van der Waals surface area contributed by atoms with Crippen molar-refractivity contribution in [1.29, 1.82) is 0 Å². The maximum Gasteiger partial charge on any atom is 0.162 e. The summed E-state index contributed by atoms with van der Waals surface area (Å²) < 4.78 is 0. The molecule has 0 aliphatic heterocycles. The normalized spacial score (nSPS) is 19.7. The molecule has 1 atom stereocenters. The predicted octanol–water partition coefficient (Wildman–Crippen LogP) is 2.62. The molecule has 1 aliphatic carbocycles. The second-order valence-electron chi connectivity index (χ2n) is 4.19. The highest BCUT2D eigenvalue weighted by atomic mass is 16.1. The van der Waals surface area contributed by atoms with Crippen LogP contribution in [0.4, 0.5) is 0 Å². The lowest BCUT2D eigenvalue weighted by molar-refractivity contribution is 0.0988. The molecule has 0 fully saturated rings. The van der Waals surface area contributed by atoms with Crippen LogP contribution in [0.2, 0.25) is 0 Å². The quantitative estimate of drug-likeness (QED) is 0.751. The number of Topliss-reactive ketones (excluding diaryl/α,β-unsaturated/α-hetero) is 1. The maximum atomic E-state index is 11.5. The summed E-state index contributed by atoms with van der Waals surface area (Å²) in [7, 11) is 0. The Morgan fingerprint density at radius 3 is 3.07 bits per heavy atom. The Bertz CT molecular complexity index is 384. The van der Waals surface area contributed by atoms with Gasteiger partial charge in [-0.25, -0.2) is 0 Å². The van der Waals surface area contributed by atoms with Gasteiger partial charge >= 0.3 is 0 Å². The van der Waals surface area contributed by atoms with Crippen molar-refractivity contribution in [3.63, 3.8) is 0 Å². The highest BCUT2D eigenvalue weighted by molar-refractivity contribution is 5.96. The van der Waals surface area contributed by atoms with Crippen molar-refractivity contribution in [2.75, 3.05) is 0 Å². The van der Waals surface area contributed by atoms with Crippen LogP contribution in [0.25, 0.3) is 0 Å². The Morgan fingerprint density at radius 2 is 2.33 bits per heavy atom. The van der Waals surface area contributed by atoms with Crippen molar-refractivity contribution in [1.82, 2.24) is 0 Å². The van der Waals surface area contributed by atoms with Crippen molar-refractivity contribution >= 4 is 5.78 Å². The number of carbonyl (C=O) groups is 1. The average molecular weight is 203 g/mol. The molecular weight excluding hydrogens is 186 g/mol. The molecule has 0 bridgehead atoms. The molecule has 0 heterocycles. The Balaban J connectivity index is 2.37. The molecular formula is C13H17NO. The molecule has 80 valence electrons. The summed E-state index contributed by atoms with van der Waals surface area (Å²) in [5.41, 5.74) is 9.36. The van der Waals surface area contributed by atoms with Gasteiger partial charge in [0, 0.05) is 18.0 Å². The van der Waals surface area contributed by atoms with E-state index in [1.54, 1.807) is 0 Å². The van der Waals surface area contributed by atoms with Gasteiger partial charge in [0.2, 0.25) is 0 Å². The first-order valence-corrected chi connectivity index (χ1v) is 5.64. The SMILES string of the molecule is CCC(=O)c1ccc2c(c1)CCCC2N. The number of rotatable bonds is 2. The molecule has 0 radical (unpaired) electrons. The first-order chi connectivity index (χ1) is 7.22. The van der Waals surface area contributed by atoms with E-state index in [2.05, 4.69) is 0 Å². The molecule has 0 aromatic heterocycles. The van der Waals surface area contributed by atoms with E-state index in [1.807, 2.05) is 25.1 Å². The average Bonchev–Trinajstić information content (AvgIpc) is 2.28. The summed E-state index contributed by atoms with van der Waals surface area (Å²) in [5.74, 6) is 0.219. The van der Waals surface area contributed by atoms with E-state index in [9.17, 15) is 4.79 Å². The molecule has 1 aromatic rings. The fourth-order valence-electron chi connectivity index (χ4n) is 2.23. The smallest absolute Gasteiger partial charge is 0.162 e. The minimum atomic E-state index is 0.166. The summed E-state index contributed by atoms with van der Waals surface area (Å²) in [6.07, 6.45) is 3.84. The zero-order valence-corrected chi connectivity index (χ0v) is 9.12. The Hall–Kier alpha value is -1.15. The van der Waals surface area contributed by atoms with Crippen molar-refractivity contribution < 1.29 is 4.79 Å². The molecule has 15 heavy (non-hydrogen) atoms. The first-order valence-electron chi connectivity index (χ1n) is 5.64. The zero-order chi connectivity index (χ0) is 10.8. The molecule has 2 heteroatoms. The van der Waals surface area contributed by atoms with E-state index >= 15 is 0 Å². The third kappa shape index (κ3) is 1.95. The number of hydrogen-bond donors (Lipinski definition) is 1. The highest BCUT2D eigenvalue weighted by Crippen LogP contribution is 2.28. The lowest BCUT2D eigenvalue weighted by Crippen LogP contribution is -2.17. The van der Waals surface area contributed by atoms with Crippen molar-refractivity contribution in [2.24, 2.45) is 5.73 Å². The molecule has 1 aliphatic rings. The molecule has 1 aromatic carbocycles. The molecule has 0 saturated heterocycles. The van der Waals surface area contributed by atoms with Crippen molar-refractivity contribution in [2.45, 2.75) is 38.6 Å². The third-order valence-electron chi connectivity index (χ3n) is 3.15. The molecule has 0 spiro atoms. The molecule has 2 nitrogen and oxygen atoms in total.